The molecule has 0 spiro atoms. The van der Waals surface area contributed by atoms with Crippen molar-refractivity contribution in [1.82, 2.24) is 0 Å². The molecule has 0 bridgehead atoms. The molecule has 0 radical (unpaired) electrons. The largest absolute Gasteiger partial charge is 0.493 e. The highest BCUT2D eigenvalue weighted by Crippen LogP contribution is 2.28. The van der Waals surface area contributed by atoms with E-state index in [9.17, 15) is 0 Å². The zero-order valence-corrected chi connectivity index (χ0v) is 11.6. The van der Waals surface area contributed by atoms with Crippen LogP contribution in [-0.2, 0) is 6.42 Å². The zero-order chi connectivity index (χ0) is 13.7. The summed E-state index contributed by atoms with van der Waals surface area (Å²) in [6.07, 6.45) is 0.974. The van der Waals surface area contributed by atoms with Crippen LogP contribution < -0.4 is 15.1 Å². The normalized spacial score (nSPS) is 10.1. The van der Waals surface area contributed by atoms with E-state index in [0.717, 1.165) is 17.9 Å². The van der Waals surface area contributed by atoms with E-state index in [0.29, 0.717) is 5.75 Å². The Morgan fingerprint density at radius 2 is 1.74 bits per heavy atom. The summed E-state index contributed by atoms with van der Waals surface area (Å²) < 4.78 is 5.33. The third kappa shape index (κ3) is 3.41. The molecule has 2 rings (SSSR count). The van der Waals surface area contributed by atoms with E-state index in [4.69, 9.17) is 9.57 Å². The van der Waals surface area contributed by atoms with Gasteiger partial charge in [0.15, 0.2) is 11.5 Å². The number of ether oxygens (including phenoxy) is 1. The number of hydrogen-bond donors (Lipinski definition) is 1. The molecule has 0 amide bonds. The lowest BCUT2D eigenvalue weighted by atomic mass is 10.1. The van der Waals surface area contributed by atoms with Crippen LogP contribution in [0.15, 0.2) is 42.5 Å². The van der Waals surface area contributed by atoms with Crippen molar-refractivity contribution in [3.05, 3.63) is 53.6 Å². The highest BCUT2D eigenvalue weighted by atomic mass is 16.7. The lowest BCUT2D eigenvalue weighted by Gasteiger charge is -2.12. The standard InChI is InChI=1S/C16H19NO2/c1-4-13-7-10-15(16(11-13)18-3)19-17-14-8-5-12(2)6-9-14/h5-11,17H,4H2,1-3H3. The monoisotopic (exact) mass is 257 g/mol. The zero-order valence-electron chi connectivity index (χ0n) is 11.6. The van der Waals surface area contributed by atoms with Gasteiger partial charge in [0.05, 0.1) is 12.8 Å². The SMILES string of the molecule is CCc1ccc(ONc2ccc(C)cc2)c(OC)c1. The highest BCUT2D eigenvalue weighted by molar-refractivity contribution is 5.46. The molecular formula is C16H19NO2. The third-order valence-electron chi connectivity index (χ3n) is 2.97. The number of benzene rings is 2. The first-order valence-electron chi connectivity index (χ1n) is 6.39. The molecule has 0 fully saturated rings. The van der Waals surface area contributed by atoms with Gasteiger partial charge >= 0.3 is 0 Å². The van der Waals surface area contributed by atoms with Crippen molar-refractivity contribution >= 4 is 5.69 Å². The average Bonchev–Trinajstić information content (AvgIpc) is 2.46. The summed E-state index contributed by atoms with van der Waals surface area (Å²) in [5, 5.41) is 0. The van der Waals surface area contributed by atoms with Gasteiger partial charge in [0.1, 0.15) is 0 Å². The van der Waals surface area contributed by atoms with Gasteiger partial charge in [-0.1, -0.05) is 30.7 Å². The van der Waals surface area contributed by atoms with Crippen LogP contribution >= 0.6 is 0 Å². The minimum atomic E-state index is 0.681. The Morgan fingerprint density at radius 1 is 1.00 bits per heavy atom. The van der Waals surface area contributed by atoms with Crippen LogP contribution in [0.2, 0.25) is 0 Å². The second-order valence-electron chi connectivity index (χ2n) is 4.41. The maximum atomic E-state index is 5.58. The third-order valence-corrected chi connectivity index (χ3v) is 2.97. The topological polar surface area (TPSA) is 30.5 Å². The van der Waals surface area contributed by atoms with Crippen molar-refractivity contribution in [2.24, 2.45) is 0 Å². The maximum absolute atomic E-state index is 5.58. The van der Waals surface area contributed by atoms with Gasteiger partial charge in [0.2, 0.25) is 0 Å². The Balaban J connectivity index is 2.08. The lowest BCUT2D eigenvalue weighted by Crippen LogP contribution is -2.05. The molecule has 0 unspecified atom stereocenters. The van der Waals surface area contributed by atoms with E-state index in [1.165, 1.54) is 11.1 Å². The molecule has 3 heteroatoms. The van der Waals surface area contributed by atoms with Gasteiger partial charge < -0.3 is 9.57 Å². The summed E-state index contributed by atoms with van der Waals surface area (Å²) in [5.41, 5.74) is 6.27. The molecule has 0 heterocycles. The predicted molar refractivity (Wildman–Crippen MR) is 77.8 cm³/mol. The molecule has 100 valence electrons. The molecule has 0 aliphatic heterocycles. The van der Waals surface area contributed by atoms with E-state index in [1.807, 2.05) is 42.5 Å². The van der Waals surface area contributed by atoms with Gasteiger partial charge in [-0.3, -0.25) is 0 Å². The van der Waals surface area contributed by atoms with Crippen LogP contribution in [0, 0.1) is 6.92 Å². The Labute approximate surface area is 114 Å². The summed E-state index contributed by atoms with van der Waals surface area (Å²) in [6, 6.07) is 14.0. The molecule has 0 atom stereocenters. The summed E-state index contributed by atoms with van der Waals surface area (Å²) in [4.78, 5) is 5.58. The molecule has 0 aliphatic carbocycles. The van der Waals surface area contributed by atoms with Crippen LogP contribution in [0.25, 0.3) is 0 Å². The molecule has 0 saturated heterocycles. The first-order chi connectivity index (χ1) is 9.22. The van der Waals surface area contributed by atoms with Gasteiger partial charge in [0.25, 0.3) is 0 Å². The number of anilines is 1. The Morgan fingerprint density at radius 3 is 2.37 bits per heavy atom. The fraction of sp³-hybridized carbons (Fsp3) is 0.250. The first kappa shape index (κ1) is 13.3. The van der Waals surface area contributed by atoms with Crippen molar-refractivity contribution < 1.29 is 9.57 Å². The fourth-order valence-electron chi connectivity index (χ4n) is 1.75. The van der Waals surface area contributed by atoms with Gasteiger partial charge in [-0.15, -0.1) is 0 Å². The Bertz CT molecular complexity index is 535. The maximum Gasteiger partial charge on any atom is 0.196 e. The van der Waals surface area contributed by atoms with Gasteiger partial charge in [0, 0.05) is 0 Å². The second kappa shape index (κ2) is 6.14. The molecule has 0 aliphatic rings. The van der Waals surface area contributed by atoms with Crippen LogP contribution in [0.3, 0.4) is 0 Å². The molecule has 3 nitrogen and oxygen atoms in total. The van der Waals surface area contributed by atoms with E-state index < -0.39 is 0 Å². The molecule has 19 heavy (non-hydrogen) atoms. The summed E-state index contributed by atoms with van der Waals surface area (Å²) in [7, 11) is 1.65. The second-order valence-corrected chi connectivity index (χ2v) is 4.41. The lowest BCUT2D eigenvalue weighted by molar-refractivity contribution is 0.350. The molecule has 2 aromatic carbocycles. The van der Waals surface area contributed by atoms with Crippen molar-refractivity contribution in [3.8, 4) is 11.5 Å². The molecule has 0 aromatic heterocycles. The van der Waals surface area contributed by atoms with E-state index in [1.54, 1.807) is 7.11 Å². The average molecular weight is 257 g/mol. The summed E-state index contributed by atoms with van der Waals surface area (Å²) in [5.74, 6) is 1.42. The predicted octanol–water partition coefficient (Wildman–Crippen LogP) is 3.97. The molecule has 0 saturated carbocycles. The van der Waals surface area contributed by atoms with Gasteiger partial charge in [-0.25, -0.2) is 5.48 Å². The minimum Gasteiger partial charge on any atom is -0.493 e. The smallest absolute Gasteiger partial charge is 0.196 e. The molecular weight excluding hydrogens is 238 g/mol. The minimum absolute atomic E-state index is 0.681. The Kier molecular flexibility index (Phi) is 4.29. The quantitative estimate of drug-likeness (QED) is 0.822. The summed E-state index contributed by atoms with van der Waals surface area (Å²) in [6.45, 7) is 4.16. The van der Waals surface area contributed by atoms with Crippen molar-refractivity contribution in [1.29, 1.82) is 0 Å². The van der Waals surface area contributed by atoms with E-state index in [2.05, 4.69) is 19.3 Å². The van der Waals surface area contributed by atoms with Crippen LogP contribution in [0.5, 0.6) is 11.5 Å². The number of nitrogens with one attached hydrogen (secondary N) is 1. The van der Waals surface area contributed by atoms with E-state index in [-0.39, 0.29) is 0 Å². The Hall–Kier alpha value is -2.16. The van der Waals surface area contributed by atoms with E-state index >= 15 is 0 Å². The van der Waals surface area contributed by atoms with Gasteiger partial charge in [-0.05, 0) is 43.2 Å². The highest BCUT2D eigenvalue weighted by Gasteiger charge is 2.05. The van der Waals surface area contributed by atoms with Crippen LogP contribution in [-0.4, -0.2) is 7.11 Å². The molecule has 1 N–H and O–H groups in total. The van der Waals surface area contributed by atoms with Crippen LogP contribution in [0.4, 0.5) is 5.69 Å². The fourth-order valence-corrected chi connectivity index (χ4v) is 1.75. The van der Waals surface area contributed by atoms with Crippen molar-refractivity contribution in [2.45, 2.75) is 20.3 Å². The van der Waals surface area contributed by atoms with Crippen molar-refractivity contribution in [3.63, 3.8) is 0 Å². The number of aryl methyl sites for hydroxylation is 2. The molecule has 2 aromatic rings. The first-order valence-corrected chi connectivity index (χ1v) is 6.39. The number of hydrogen-bond acceptors (Lipinski definition) is 3. The number of methoxy groups -OCH3 is 1. The summed E-state index contributed by atoms with van der Waals surface area (Å²) >= 11 is 0. The van der Waals surface area contributed by atoms with Gasteiger partial charge in [-0.2, -0.15) is 0 Å². The van der Waals surface area contributed by atoms with Crippen molar-refractivity contribution in [2.75, 3.05) is 12.6 Å². The van der Waals surface area contributed by atoms with Crippen LogP contribution in [0.1, 0.15) is 18.1 Å². The number of rotatable bonds is 5.